The quantitative estimate of drug-likeness (QED) is 0.393. The summed E-state index contributed by atoms with van der Waals surface area (Å²) in [5.74, 6) is -0.674. The SMILES string of the molecule is CCOC(=O)C(c1ccc(C=O)cc1)P(=O)(OCC)OCC. The van der Waals surface area contributed by atoms with Gasteiger partial charge in [0.2, 0.25) is 0 Å². The van der Waals surface area contributed by atoms with Crippen molar-refractivity contribution in [2.24, 2.45) is 0 Å². The Morgan fingerprint density at radius 2 is 1.64 bits per heavy atom. The molecule has 1 unspecified atom stereocenters. The summed E-state index contributed by atoms with van der Waals surface area (Å²) >= 11 is 0. The van der Waals surface area contributed by atoms with Crippen LogP contribution in [0.3, 0.4) is 0 Å². The molecule has 122 valence electrons. The Morgan fingerprint density at radius 3 is 2.05 bits per heavy atom. The molecule has 1 rings (SSSR count). The second kappa shape index (κ2) is 8.83. The highest BCUT2D eigenvalue weighted by Crippen LogP contribution is 2.61. The van der Waals surface area contributed by atoms with Crippen molar-refractivity contribution in [1.82, 2.24) is 0 Å². The minimum absolute atomic E-state index is 0.138. The molecule has 0 spiro atoms. The lowest BCUT2D eigenvalue weighted by atomic mass is 10.1. The van der Waals surface area contributed by atoms with Crippen molar-refractivity contribution in [3.8, 4) is 0 Å². The number of benzene rings is 1. The van der Waals surface area contributed by atoms with Gasteiger partial charge in [-0.1, -0.05) is 24.3 Å². The predicted molar refractivity (Wildman–Crippen MR) is 82.1 cm³/mol. The summed E-state index contributed by atoms with van der Waals surface area (Å²) in [4.78, 5) is 23.0. The van der Waals surface area contributed by atoms with Gasteiger partial charge in [0.05, 0.1) is 19.8 Å². The Morgan fingerprint density at radius 1 is 1.09 bits per heavy atom. The second-order valence-corrected chi connectivity index (χ2v) is 6.43. The lowest BCUT2D eigenvalue weighted by molar-refractivity contribution is -0.143. The highest BCUT2D eigenvalue weighted by atomic mass is 31.2. The van der Waals surface area contributed by atoms with E-state index in [0.29, 0.717) is 17.4 Å². The minimum Gasteiger partial charge on any atom is -0.465 e. The number of esters is 1. The first-order chi connectivity index (χ1) is 10.5. The number of ether oxygens (including phenoxy) is 1. The molecule has 0 amide bonds. The van der Waals surface area contributed by atoms with E-state index in [4.69, 9.17) is 13.8 Å². The van der Waals surface area contributed by atoms with Crippen molar-refractivity contribution in [2.75, 3.05) is 19.8 Å². The highest BCUT2D eigenvalue weighted by molar-refractivity contribution is 7.55. The Bertz CT molecular complexity index is 529. The van der Waals surface area contributed by atoms with E-state index in [1.165, 1.54) is 12.1 Å². The molecule has 0 aliphatic heterocycles. The van der Waals surface area contributed by atoms with Crippen LogP contribution in [0.1, 0.15) is 42.4 Å². The molecule has 1 aromatic rings. The minimum atomic E-state index is -3.72. The first kappa shape index (κ1) is 18.6. The molecule has 0 N–H and O–H groups in total. The van der Waals surface area contributed by atoms with Crippen molar-refractivity contribution in [3.63, 3.8) is 0 Å². The number of hydrogen-bond acceptors (Lipinski definition) is 6. The predicted octanol–water partition coefficient (Wildman–Crippen LogP) is 3.37. The van der Waals surface area contributed by atoms with E-state index in [1.807, 2.05) is 0 Å². The monoisotopic (exact) mass is 328 g/mol. The third kappa shape index (κ3) is 4.50. The van der Waals surface area contributed by atoms with E-state index in [0.717, 1.165) is 0 Å². The number of aldehydes is 1. The zero-order valence-electron chi connectivity index (χ0n) is 13.0. The third-order valence-electron chi connectivity index (χ3n) is 2.83. The second-order valence-electron chi connectivity index (χ2n) is 4.31. The van der Waals surface area contributed by atoms with E-state index >= 15 is 0 Å². The number of carbonyl (C=O) groups excluding carboxylic acids is 2. The van der Waals surface area contributed by atoms with Crippen LogP contribution < -0.4 is 0 Å². The van der Waals surface area contributed by atoms with Crippen LogP contribution in [0.2, 0.25) is 0 Å². The zero-order chi connectivity index (χ0) is 16.6. The molecule has 0 heterocycles. The molecule has 0 fully saturated rings. The molecule has 0 aromatic heterocycles. The van der Waals surface area contributed by atoms with Crippen molar-refractivity contribution >= 4 is 19.9 Å². The number of rotatable bonds is 9. The van der Waals surface area contributed by atoms with E-state index in [-0.39, 0.29) is 19.8 Å². The lowest BCUT2D eigenvalue weighted by Gasteiger charge is -2.25. The van der Waals surface area contributed by atoms with Crippen molar-refractivity contribution in [3.05, 3.63) is 35.4 Å². The van der Waals surface area contributed by atoms with Crippen LogP contribution in [0, 0.1) is 0 Å². The summed E-state index contributed by atoms with van der Waals surface area (Å²) in [6.45, 7) is 5.43. The fourth-order valence-corrected chi connectivity index (χ4v) is 3.93. The largest absolute Gasteiger partial charge is 0.465 e. The molecular weight excluding hydrogens is 307 g/mol. The lowest BCUT2D eigenvalue weighted by Crippen LogP contribution is -2.19. The van der Waals surface area contributed by atoms with E-state index in [9.17, 15) is 14.2 Å². The molecule has 0 aliphatic carbocycles. The van der Waals surface area contributed by atoms with Gasteiger partial charge in [0, 0.05) is 5.56 Å². The van der Waals surface area contributed by atoms with Gasteiger partial charge in [-0.05, 0) is 26.3 Å². The van der Waals surface area contributed by atoms with Crippen LogP contribution in [0.15, 0.2) is 24.3 Å². The zero-order valence-corrected chi connectivity index (χ0v) is 13.9. The Kier molecular flexibility index (Phi) is 7.45. The Labute approximate surface area is 130 Å². The van der Waals surface area contributed by atoms with Crippen LogP contribution in [0.5, 0.6) is 0 Å². The summed E-state index contributed by atoms with van der Waals surface area (Å²) in [5, 5.41) is 0. The standard InChI is InChI=1S/C15H21O6P/c1-4-19-15(17)14(22(18,20-5-2)21-6-3)13-9-7-12(11-16)8-10-13/h7-11,14H,4-6H2,1-3H3. The average Bonchev–Trinajstić information content (AvgIpc) is 2.49. The molecule has 0 aliphatic rings. The van der Waals surface area contributed by atoms with Crippen LogP contribution >= 0.6 is 7.60 Å². The fraction of sp³-hybridized carbons (Fsp3) is 0.467. The van der Waals surface area contributed by atoms with Gasteiger partial charge in [-0.15, -0.1) is 0 Å². The molecule has 0 saturated carbocycles. The molecule has 7 heteroatoms. The molecule has 1 aromatic carbocycles. The molecule has 0 bridgehead atoms. The van der Waals surface area contributed by atoms with E-state index < -0.39 is 19.2 Å². The van der Waals surface area contributed by atoms with Gasteiger partial charge >= 0.3 is 13.6 Å². The van der Waals surface area contributed by atoms with Crippen LogP contribution in [-0.2, 0) is 23.1 Å². The van der Waals surface area contributed by atoms with Crippen LogP contribution in [-0.4, -0.2) is 32.1 Å². The summed E-state index contributed by atoms with van der Waals surface area (Å²) in [6.07, 6.45) is 0.688. The van der Waals surface area contributed by atoms with Gasteiger partial charge in [-0.2, -0.15) is 0 Å². The number of carbonyl (C=O) groups is 2. The first-order valence-electron chi connectivity index (χ1n) is 7.12. The maximum absolute atomic E-state index is 13.0. The fourth-order valence-electron chi connectivity index (χ4n) is 1.97. The summed E-state index contributed by atoms with van der Waals surface area (Å²) in [5.41, 5.74) is -0.295. The summed E-state index contributed by atoms with van der Waals surface area (Å²) in [6, 6.07) is 6.18. The molecule has 1 atom stereocenters. The molecule has 0 radical (unpaired) electrons. The Hall–Kier alpha value is -1.49. The molecule has 22 heavy (non-hydrogen) atoms. The Balaban J connectivity index is 3.28. The smallest absolute Gasteiger partial charge is 0.349 e. The molecule has 6 nitrogen and oxygen atoms in total. The van der Waals surface area contributed by atoms with E-state index in [2.05, 4.69) is 0 Å². The molecular formula is C15H21O6P. The molecule has 0 saturated heterocycles. The average molecular weight is 328 g/mol. The van der Waals surface area contributed by atoms with Gasteiger partial charge in [0.1, 0.15) is 6.29 Å². The van der Waals surface area contributed by atoms with Crippen molar-refractivity contribution in [1.29, 1.82) is 0 Å². The maximum atomic E-state index is 13.0. The maximum Gasteiger partial charge on any atom is 0.349 e. The number of hydrogen-bond donors (Lipinski definition) is 0. The van der Waals surface area contributed by atoms with Gasteiger partial charge in [0.15, 0.2) is 5.66 Å². The summed E-state index contributed by atoms with van der Waals surface area (Å²) in [7, 11) is -3.72. The topological polar surface area (TPSA) is 78.9 Å². The third-order valence-corrected chi connectivity index (χ3v) is 5.21. The van der Waals surface area contributed by atoms with E-state index in [1.54, 1.807) is 32.9 Å². The first-order valence-corrected chi connectivity index (χ1v) is 8.74. The summed E-state index contributed by atoms with van der Waals surface area (Å²) < 4.78 is 28.5. The van der Waals surface area contributed by atoms with Gasteiger partial charge in [-0.25, -0.2) is 0 Å². The normalized spacial score (nSPS) is 12.7. The highest BCUT2D eigenvalue weighted by Gasteiger charge is 2.43. The van der Waals surface area contributed by atoms with Crippen molar-refractivity contribution in [2.45, 2.75) is 26.4 Å². The van der Waals surface area contributed by atoms with Crippen LogP contribution in [0.25, 0.3) is 0 Å². The van der Waals surface area contributed by atoms with Gasteiger partial charge < -0.3 is 13.8 Å². The van der Waals surface area contributed by atoms with Gasteiger partial charge in [-0.3, -0.25) is 14.2 Å². The van der Waals surface area contributed by atoms with Gasteiger partial charge in [0.25, 0.3) is 0 Å². The van der Waals surface area contributed by atoms with Crippen molar-refractivity contribution < 1.29 is 27.9 Å². The van der Waals surface area contributed by atoms with Crippen LogP contribution in [0.4, 0.5) is 0 Å².